The number of carbonyl (C=O) groups is 1. The van der Waals surface area contributed by atoms with Crippen molar-refractivity contribution in [1.29, 1.82) is 0 Å². The van der Waals surface area contributed by atoms with Gasteiger partial charge < -0.3 is 28.4 Å². The summed E-state index contributed by atoms with van der Waals surface area (Å²) in [7, 11) is 0. The maximum atomic E-state index is 12.8. The quantitative estimate of drug-likeness (QED) is 0.556. The van der Waals surface area contributed by atoms with E-state index in [-0.39, 0.29) is 0 Å². The molecule has 28 heavy (non-hydrogen) atoms. The fourth-order valence-electron chi connectivity index (χ4n) is 3.77. The Labute approximate surface area is 169 Å². The van der Waals surface area contributed by atoms with E-state index in [1.807, 2.05) is 32.0 Å². The molecule has 154 valence electrons. The highest BCUT2D eigenvalue weighted by Crippen LogP contribution is 2.42. The van der Waals surface area contributed by atoms with Crippen LogP contribution in [-0.2, 0) is 33.2 Å². The summed E-state index contributed by atoms with van der Waals surface area (Å²) in [6, 6.07) is 9.04. The van der Waals surface area contributed by atoms with Crippen LogP contribution in [0.4, 0.5) is 0 Å². The highest BCUT2D eigenvalue weighted by Gasteiger charge is 2.60. The lowest BCUT2D eigenvalue weighted by Gasteiger charge is -2.29. The van der Waals surface area contributed by atoms with Crippen molar-refractivity contribution in [1.82, 2.24) is 0 Å². The molecule has 3 aliphatic rings. The van der Waals surface area contributed by atoms with Crippen LogP contribution in [0.15, 0.2) is 30.3 Å². The van der Waals surface area contributed by atoms with E-state index in [1.165, 1.54) is 0 Å². The Hall–Kier alpha value is -1.22. The van der Waals surface area contributed by atoms with Crippen molar-refractivity contribution in [3.63, 3.8) is 0 Å². The van der Waals surface area contributed by atoms with Gasteiger partial charge in [0.05, 0.1) is 6.61 Å². The minimum absolute atomic E-state index is 0.317. The van der Waals surface area contributed by atoms with Crippen LogP contribution in [-0.4, -0.2) is 54.9 Å². The molecule has 4 rings (SSSR count). The number of hydrogen-bond acceptors (Lipinski definition) is 7. The summed E-state index contributed by atoms with van der Waals surface area (Å²) in [4.78, 5) is 12.8. The molecule has 0 amide bonds. The van der Waals surface area contributed by atoms with Crippen molar-refractivity contribution in [3.05, 3.63) is 35.9 Å². The summed E-state index contributed by atoms with van der Waals surface area (Å²) < 4.78 is 35.1. The monoisotopic (exact) mass is 412 g/mol. The normalized spacial score (nSPS) is 36.8. The van der Waals surface area contributed by atoms with E-state index in [0.29, 0.717) is 12.2 Å². The lowest BCUT2D eigenvalue weighted by atomic mass is 10.1. The van der Waals surface area contributed by atoms with Gasteiger partial charge in [-0.05, 0) is 33.3 Å². The molecule has 1 aromatic rings. The third kappa shape index (κ3) is 3.92. The van der Waals surface area contributed by atoms with Crippen molar-refractivity contribution in [2.45, 2.75) is 75.4 Å². The van der Waals surface area contributed by atoms with E-state index in [2.05, 4.69) is 0 Å². The highest BCUT2D eigenvalue weighted by atomic mass is 35.5. The second-order valence-electron chi connectivity index (χ2n) is 8.11. The number of hydrogen-bond donors (Lipinski definition) is 0. The van der Waals surface area contributed by atoms with Crippen LogP contribution in [0, 0.1) is 0 Å². The van der Waals surface area contributed by atoms with E-state index in [0.717, 1.165) is 0 Å². The lowest BCUT2D eigenvalue weighted by molar-refractivity contribution is -0.235. The summed E-state index contributed by atoms with van der Waals surface area (Å²) in [5, 5.41) is -0.937. The zero-order valence-electron chi connectivity index (χ0n) is 16.3. The molecule has 0 N–H and O–H groups in total. The molecule has 1 aromatic carbocycles. The number of ether oxygens (including phenoxy) is 6. The van der Waals surface area contributed by atoms with Crippen molar-refractivity contribution < 1.29 is 33.2 Å². The van der Waals surface area contributed by atoms with Crippen molar-refractivity contribution >= 4 is 17.6 Å². The van der Waals surface area contributed by atoms with Gasteiger partial charge in [-0.2, -0.15) is 0 Å². The number of alkyl halides is 1. The first kappa shape index (κ1) is 20.1. The van der Waals surface area contributed by atoms with Gasteiger partial charge in [0.1, 0.15) is 12.2 Å². The van der Waals surface area contributed by atoms with Gasteiger partial charge in [0.15, 0.2) is 35.4 Å². The molecule has 1 unspecified atom stereocenters. The average Bonchev–Trinajstić information content (AvgIpc) is 3.25. The van der Waals surface area contributed by atoms with Crippen LogP contribution in [0.3, 0.4) is 0 Å². The fraction of sp³-hybridized carbons (Fsp3) is 0.650. The summed E-state index contributed by atoms with van der Waals surface area (Å²) in [5.74, 6) is -2.14. The van der Waals surface area contributed by atoms with Gasteiger partial charge in [-0.25, -0.2) is 0 Å². The largest absolute Gasteiger partial charge is 0.455 e. The summed E-state index contributed by atoms with van der Waals surface area (Å²) >= 11 is 6.34. The zero-order chi connectivity index (χ0) is 20.1. The standard InChI is InChI=1S/C20H25ClO7/c1-19(2)23-10-12(26-19)14-15(16-18(25-14)28-20(3,4)27-16)24-17(22)13(21)11-8-6-5-7-9-11/h5-9,12-16,18H,10H2,1-4H3/t12-,13?,14-,15+,16-,18-/m1/s1. The number of benzene rings is 1. The van der Waals surface area contributed by atoms with E-state index in [4.69, 9.17) is 40.0 Å². The van der Waals surface area contributed by atoms with E-state index >= 15 is 0 Å². The predicted molar refractivity (Wildman–Crippen MR) is 98.5 cm³/mol. The molecule has 3 saturated heterocycles. The van der Waals surface area contributed by atoms with Gasteiger partial charge in [0.25, 0.3) is 0 Å². The van der Waals surface area contributed by atoms with Crippen molar-refractivity contribution in [2.24, 2.45) is 0 Å². The average molecular weight is 413 g/mol. The number of esters is 1. The van der Waals surface area contributed by atoms with Crippen LogP contribution < -0.4 is 0 Å². The molecule has 8 heteroatoms. The molecule has 0 radical (unpaired) electrons. The topological polar surface area (TPSA) is 72.5 Å². The Morgan fingerprint density at radius 1 is 1.07 bits per heavy atom. The minimum atomic E-state index is -0.937. The fourth-order valence-corrected chi connectivity index (χ4v) is 3.96. The number of carbonyl (C=O) groups excluding carboxylic acids is 1. The maximum Gasteiger partial charge on any atom is 0.329 e. The van der Waals surface area contributed by atoms with Crippen LogP contribution in [0.2, 0.25) is 0 Å². The first-order valence-corrected chi connectivity index (χ1v) is 9.81. The van der Waals surface area contributed by atoms with E-state index in [9.17, 15) is 4.79 Å². The van der Waals surface area contributed by atoms with E-state index < -0.39 is 53.6 Å². The molecule has 3 aliphatic heterocycles. The van der Waals surface area contributed by atoms with Crippen LogP contribution in [0.25, 0.3) is 0 Å². The Bertz CT molecular complexity index is 723. The molecule has 6 atom stereocenters. The summed E-state index contributed by atoms with van der Waals surface area (Å²) in [5.41, 5.74) is 0.659. The third-order valence-corrected chi connectivity index (χ3v) is 5.41. The molecular formula is C20H25ClO7. The molecule has 0 bridgehead atoms. The number of rotatable bonds is 4. The Morgan fingerprint density at radius 3 is 2.43 bits per heavy atom. The van der Waals surface area contributed by atoms with Crippen LogP contribution >= 0.6 is 11.6 Å². The molecule has 0 saturated carbocycles. The van der Waals surface area contributed by atoms with Gasteiger partial charge >= 0.3 is 5.97 Å². The highest BCUT2D eigenvalue weighted by molar-refractivity contribution is 6.29. The molecule has 3 fully saturated rings. The molecular weight excluding hydrogens is 388 g/mol. The third-order valence-electron chi connectivity index (χ3n) is 4.98. The van der Waals surface area contributed by atoms with Crippen molar-refractivity contribution in [2.75, 3.05) is 6.61 Å². The van der Waals surface area contributed by atoms with Crippen LogP contribution in [0.1, 0.15) is 38.6 Å². The lowest BCUT2D eigenvalue weighted by Crippen LogP contribution is -2.45. The first-order valence-electron chi connectivity index (χ1n) is 9.38. The van der Waals surface area contributed by atoms with Crippen molar-refractivity contribution in [3.8, 4) is 0 Å². The van der Waals surface area contributed by atoms with Gasteiger partial charge in [-0.3, -0.25) is 4.79 Å². The minimum Gasteiger partial charge on any atom is -0.455 e. The molecule has 0 spiro atoms. The smallest absolute Gasteiger partial charge is 0.329 e. The molecule has 3 heterocycles. The number of fused-ring (bicyclic) bond motifs is 1. The number of halogens is 1. The second kappa shape index (κ2) is 7.23. The maximum absolute atomic E-state index is 12.8. The molecule has 0 aromatic heterocycles. The second-order valence-corrected chi connectivity index (χ2v) is 8.55. The SMILES string of the molecule is CC1(C)O[C@H]2O[C@H]([C@H]3COC(C)(C)O3)[C@H](OC(=O)C(Cl)c3ccccc3)[C@H]2O1. The summed E-state index contributed by atoms with van der Waals surface area (Å²) in [6.45, 7) is 7.54. The van der Waals surface area contributed by atoms with Gasteiger partial charge in [0.2, 0.25) is 0 Å². The van der Waals surface area contributed by atoms with Gasteiger partial charge in [-0.15, -0.1) is 11.6 Å². The predicted octanol–water partition coefficient (Wildman–Crippen LogP) is 2.91. The molecule has 0 aliphatic carbocycles. The zero-order valence-corrected chi connectivity index (χ0v) is 17.0. The summed E-state index contributed by atoms with van der Waals surface area (Å²) in [6.07, 6.45) is -2.96. The molecule has 7 nitrogen and oxygen atoms in total. The Balaban J connectivity index is 1.52. The Morgan fingerprint density at radius 2 is 1.79 bits per heavy atom. The van der Waals surface area contributed by atoms with Crippen LogP contribution in [0.5, 0.6) is 0 Å². The Kier molecular flexibility index (Phi) is 5.18. The van der Waals surface area contributed by atoms with Gasteiger partial charge in [0, 0.05) is 0 Å². The van der Waals surface area contributed by atoms with E-state index in [1.54, 1.807) is 26.0 Å². The van der Waals surface area contributed by atoms with Gasteiger partial charge in [-0.1, -0.05) is 30.3 Å². The first-order chi connectivity index (χ1) is 13.2.